The number of hydrogen-bond acceptors (Lipinski definition) is 27. The number of aromatic nitrogens is 21. The molecule has 0 fully saturated rings. The van der Waals surface area contributed by atoms with E-state index in [0.717, 1.165) is 166 Å². The molecule has 34 nitrogen and oxygen atoms in total. The molecule has 8 N–H and O–H groups in total. The van der Waals surface area contributed by atoms with Gasteiger partial charge in [0.25, 0.3) is 0 Å². The molecule has 0 spiro atoms. The van der Waals surface area contributed by atoms with Gasteiger partial charge in [0.15, 0.2) is 19.7 Å². The van der Waals surface area contributed by atoms with Gasteiger partial charge in [0.05, 0.1) is 79.6 Å². The second kappa shape index (κ2) is 33.2. The van der Waals surface area contributed by atoms with Gasteiger partial charge in [-0.15, -0.1) is 40.8 Å². The summed E-state index contributed by atoms with van der Waals surface area (Å²) in [5.41, 5.74) is 42.5. The Hall–Kier alpha value is -15.2. The number of carbonyl (C=O) groups excluding carboxylic acids is 1. The van der Waals surface area contributed by atoms with E-state index in [1.807, 2.05) is 113 Å². The highest BCUT2D eigenvalue weighted by atomic mass is 32.2. The molecule has 7 aromatic carbocycles. The van der Waals surface area contributed by atoms with Gasteiger partial charge in [0, 0.05) is 134 Å². The molecular weight excluding hydrogens is 1630 g/mol. The molecule has 0 saturated heterocycles. The number of anilines is 11. The largest absolute Gasteiger partial charge is 0.384 e. The third kappa shape index (κ3) is 16.3. The number of amides is 1. The summed E-state index contributed by atoms with van der Waals surface area (Å²) in [6, 6.07) is 57.7. The maximum absolute atomic E-state index is 11.9. The minimum atomic E-state index is -3.27. The van der Waals surface area contributed by atoms with Gasteiger partial charge in [0.2, 0.25) is 5.91 Å². The molecule has 0 radical (unpaired) electrons. The molecule has 0 unspecified atom stereocenters. The van der Waals surface area contributed by atoms with Gasteiger partial charge in [-0.3, -0.25) is 23.1 Å². The molecule has 16 aromatic rings. The zero-order valence-corrected chi connectivity index (χ0v) is 72.8. The Bertz CT molecular complexity index is 6830. The molecule has 0 aliphatic carbocycles. The number of pyridine rings is 3. The van der Waals surface area contributed by atoms with Gasteiger partial charge in [-0.1, -0.05) is 52.0 Å². The number of sulfone groups is 2. The number of nitrogens with zero attached hydrogens (tertiary/aromatic N) is 25. The van der Waals surface area contributed by atoms with Crippen molar-refractivity contribution in [2.45, 2.75) is 88.9 Å². The van der Waals surface area contributed by atoms with E-state index in [9.17, 15) is 21.6 Å². The molecule has 36 heteroatoms. The first-order chi connectivity index (χ1) is 60.4. The maximum atomic E-state index is 11.9. The van der Waals surface area contributed by atoms with Crippen LogP contribution in [-0.2, 0) is 33.8 Å². The van der Waals surface area contributed by atoms with Crippen molar-refractivity contribution >= 4 is 88.5 Å². The quantitative estimate of drug-likeness (QED) is 0.0934. The van der Waals surface area contributed by atoms with Crippen LogP contribution in [0.15, 0.2) is 223 Å². The summed E-state index contributed by atoms with van der Waals surface area (Å²) in [6.07, 6.45) is 11.3. The molecule has 638 valence electrons. The molecule has 1 amide bonds. The smallest absolute Gasteiger partial charge is 0.248 e. The highest BCUT2D eigenvalue weighted by molar-refractivity contribution is 7.91. The predicted molar refractivity (Wildman–Crippen MR) is 484 cm³/mol. The van der Waals surface area contributed by atoms with Crippen LogP contribution in [-0.4, -0.2) is 165 Å². The van der Waals surface area contributed by atoms with Crippen LogP contribution in [0.3, 0.4) is 0 Å². The Morgan fingerprint density at radius 3 is 0.889 bits per heavy atom. The van der Waals surface area contributed by atoms with Crippen molar-refractivity contribution in [3.63, 3.8) is 0 Å². The fourth-order valence-corrected chi connectivity index (χ4v) is 17.6. The summed E-state index contributed by atoms with van der Waals surface area (Å²) in [6.45, 7) is 19.1. The number of carbonyl (C=O) groups is 1. The maximum Gasteiger partial charge on any atom is 0.248 e. The van der Waals surface area contributed by atoms with Crippen molar-refractivity contribution in [1.29, 1.82) is 0 Å². The molecule has 9 aromatic heterocycles. The number of nitrogen functional groups attached to an aromatic ring is 3. The number of aryl methyl sites for hydroxylation is 6. The van der Waals surface area contributed by atoms with E-state index in [2.05, 4.69) is 202 Å². The second-order valence-electron chi connectivity index (χ2n) is 31.9. The van der Waals surface area contributed by atoms with Crippen LogP contribution in [0.2, 0.25) is 0 Å². The molecule has 4 atom stereocenters. The molecule has 126 heavy (non-hydrogen) atoms. The molecule has 0 saturated carbocycles. The first-order valence-corrected chi connectivity index (χ1v) is 44.4. The number of hydrogen-bond donors (Lipinski definition) is 4. The van der Waals surface area contributed by atoms with Crippen LogP contribution in [0.5, 0.6) is 0 Å². The third-order valence-corrected chi connectivity index (χ3v) is 25.0. The van der Waals surface area contributed by atoms with Gasteiger partial charge in [-0.25, -0.2) is 31.8 Å². The van der Waals surface area contributed by atoms with Gasteiger partial charge in [0.1, 0.15) is 75.4 Å². The summed E-state index contributed by atoms with van der Waals surface area (Å²) >= 11 is 0. The molecule has 4 aliphatic heterocycles. The lowest BCUT2D eigenvalue weighted by atomic mass is 10.0. The number of primary amides is 1. The van der Waals surface area contributed by atoms with Gasteiger partial charge >= 0.3 is 0 Å². The first kappa shape index (κ1) is 83.1. The number of fused-ring (bicyclic) bond motifs is 12. The van der Waals surface area contributed by atoms with Crippen molar-refractivity contribution in [2.24, 2.45) is 19.8 Å². The minimum Gasteiger partial charge on any atom is -0.384 e. The van der Waals surface area contributed by atoms with Crippen LogP contribution in [0.4, 0.5) is 63.0 Å². The van der Waals surface area contributed by atoms with E-state index in [0.29, 0.717) is 52.4 Å². The number of nitrogens with two attached hydrogens (primary N) is 4. The summed E-state index contributed by atoms with van der Waals surface area (Å²) < 4.78 is 56.2. The lowest BCUT2D eigenvalue weighted by Gasteiger charge is -2.27. The van der Waals surface area contributed by atoms with Gasteiger partial charge < -0.3 is 42.5 Å². The van der Waals surface area contributed by atoms with Crippen molar-refractivity contribution < 1.29 is 21.6 Å². The van der Waals surface area contributed by atoms with Crippen molar-refractivity contribution in [1.82, 2.24) is 104 Å². The Morgan fingerprint density at radius 1 is 0.333 bits per heavy atom. The summed E-state index contributed by atoms with van der Waals surface area (Å²) in [5.74, 6) is 8.50. The minimum absolute atomic E-state index is 0.0955. The summed E-state index contributed by atoms with van der Waals surface area (Å²) in [7, 11) is -2.96. The number of benzene rings is 7. The van der Waals surface area contributed by atoms with Crippen LogP contribution < -0.4 is 42.5 Å². The highest BCUT2D eigenvalue weighted by Crippen LogP contribution is 2.46. The number of rotatable bonds is 11. The standard InChI is InChI=1S/C24H23N7O.C22H22N8.2C22H23N7O2S/c1-14-13-30(19-7-3-16(4-8-19)23(26)32)21-11-17(18-6-10-22(25)27-12-18)5-9-20(21)31-15(2)28-29-24(14)31;1-13-12-29(17-5-8-21(24)26-11-17)19-9-15(16-4-7-20(23)25-10-16)3-6-18(19)30-14(2)27-28-22(13)30;2*1-14-13-28(17-6-8-18(9-7-17)32(4,30)31)21-11-16(19-12-23-27(3)26-19)5-10-20(21)29-15(2)24-25-22(14)29/h3-12,14H,13H2,1-2H3,(H2,25,27)(H2,26,32);3-11,13H,12H2,1-2H3,(H2,23,25)(H2,24,26);2*5-12,14H,13H2,1-4H3/t14-;13-;2*14-/m0110/s1. The van der Waals surface area contributed by atoms with Crippen LogP contribution in [0, 0.1) is 27.7 Å². The first-order valence-electron chi connectivity index (χ1n) is 40.6. The average Bonchev–Trinajstić information content (AvgIpc) is 1.59. The highest BCUT2D eigenvalue weighted by Gasteiger charge is 2.35. The zero-order chi connectivity index (χ0) is 88.5. The third-order valence-electron chi connectivity index (χ3n) is 22.7. The Balaban J connectivity index is 0.000000119. The molecular formula is C90H91N29O5S2. The Kier molecular flexibility index (Phi) is 21.9. The molecule has 0 bridgehead atoms. The average molecular weight is 1720 g/mol. The van der Waals surface area contributed by atoms with Crippen molar-refractivity contribution in [3.05, 3.63) is 265 Å². The summed E-state index contributed by atoms with van der Waals surface area (Å²) in [4.78, 5) is 36.9. The van der Waals surface area contributed by atoms with Gasteiger partial charge in [-0.05, 0) is 197 Å². The van der Waals surface area contributed by atoms with E-state index < -0.39 is 25.6 Å². The van der Waals surface area contributed by atoms with Crippen molar-refractivity contribution in [3.8, 4) is 67.5 Å². The van der Waals surface area contributed by atoms with Gasteiger partial charge in [-0.2, -0.15) is 30.0 Å². The van der Waals surface area contributed by atoms with Crippen LogP contribution in [0.1, 0.15) is 108 Å². The lowest BCUT2D eigenvalue weighted by Crippen LogP contribution is -2.22. The van der Waals surface area contributed by atoms with E-state index in [1.165, 1.54) is 22.1 Å². The summed E-state index contributed by atoms with van der Waals surface area (Å²) in [5, 5.41) is 52.3. The topological polar surface area (TPSA) is 425 Å². The Labute approximate surface area is 726 Å². The zero-order valence-electron chi connectivity index (χ0n) is 71.2. The van der Waals surface area contributed by atoms with E-state index in [4.69, 9.17) is 22.9 Å². The molecule has 20 rings (SSSR count). The molecule has 13 heterocycles. The molecule has 4 aliphatic rings. The lowest BCUT2D eigenvalue weighted by molar-refractivity contribution is 0.1000. The predicted octanol–water partition coefficient (Wildman–Crippen LogP) is 13.1. The fourth-order valence-electron chi connectivity index (χ4n) is 16.4. The normalized spacial score (nSPS) is 15.6. The fraction of sp³-hybridized carbons (Fsp3) is 0.222. The van der Waals surface area contributed by atoms with E-state index in [-0.39, 0.29) is 23.7 Å². The van der Waals surface area contributed by atoms with Crippen LogP contribution >= 0.6 is 0 Å². The van der Waals surface area contributed by atoms with Crippen LogP contribution in [0.25, 0.3) is 67.5 Å². The second-order valence-corrected chi connectivity index (χ2v) is 35.9. The Morgan fingerprint density at radius 2 is 0.611 bits per heavy atom. The SMILES string of the molecule is Cc1nnc2n1-c1ccc(-c3ccc(N)nc3)cc1N(c1ccc(C(N)=O)cc1)C[C@@H]2C.Cc1nnc2n1-c1ccc(-c3ccc(N)nc3)cc1N(c1ccc(N)nc1)C[C@H]2C.Cc1nnc2n1-c1ccc(-c3cnn(C)n3)cc1N(c1ccc(S(C)(=O)=O)cc1)C[C@@H]2C.Cc1nnc2n1-c1ccc(-c3cnn(C)n3)cc1N(c1ccc(S(C)(=O)=O)cc1)C[C@H]2C. The van der Waals surface area contributed by atoms with E-state index in [1.54, 1.807) is 81.3 Å². The van der Waals surface area contributed by atoms with E-state index >= 15 is 0 Å². The monoisotopic (exact) mass is 1720 g/mol. The van der Waals surface area contributed by atoms with Crippen molar-refractivity contribution in [2.75, 3.05) is 75.5 Å².